The molecular weight excluding hydrogens is 258 g/mol. The van der Waals surface area contributed by atoms with E-state index in [1.54, 1.807) is 0 Å². The molecule has 1 saturated carbocycles. The van der Waals surface area contributed by atoms with Gasteiger partial charge in [0.2, 0.25) is 0 Å². The third kappa shape index (κ3) is 4.47. The van der Waals surface area contributed by atoms with Crippen molar-refractivity contribution < 1.29 is 4.74 Å². The highest BCUT2D eigenvalue weighted by Gasteiger charge is 2.25. The van der Waals surface area contributed by atoms with E-state index >= 15 is 0 Å². The number of benzene rings is 1. The first-order valence-corrected chi connectivity index (χ1v) is 8.33. The summed E-state index contributed by atoms with van der Waals surface area (Å²) in [6, 6.07) is 4.79. The van der Waals surface area contributed by atoms with Crippen molar-refractivity contribution in [2.24, 2.45) is 11.7 Å². The molecule has 0 bridgehead atoms. The van der Waals surface area contributed by atoms with Crippen molar-refractivity contribution in [1.29, 1.82) is 0 Å². The molecule has 2 N–H and O–H groups in total. The molecule has 0 amide bonds. The molecular formula is C19H31NO. The summed E-state index contributed by atoms with van der Waals surface area (Å²) in [6.07, 6.45) is 4.60. The number of hydrogen-bond donors (Lipinski definition) is 1. The lowest BCUT2D eigenvalue weighted by Gasteiger charge is -2.25. The van der Waals surface area contributed by atoms with Crippen molar-refractivity contribution in [3.63, 3.8) is 0 Å². The topological polar surface area (TPSA) is 35.2 Å². The van der Waals surface area contributed by atoms with Gasteiger partial charge in [-0.2, -0.15) is 0 Å². The Kier molecular flexibility index (Phi) is 4.98. The van der Waals surface area contributed by atoms with Crippen LogP contribution >= 0.6 is 0 Å². The lowest BCUT2D eigenvalue weighted by atomic mass is 9.83. The van der Waals surface area contributed by atoms with E-state index < -0.39 is 0 Å². The molecule has 1 unspecified atom stereocenters. The van der Waals surface area contributed by atoms with Gasteiger partial charge in [0.05, 0.1) is 6.61 Å². The van der Waals surface area contributed by atoms with Crippen molar-refractivity contribution in [3.8, 4) is 5.75 Å². The molecule has 21 heavy (non-hydrogen) atoms. The van der Waals surface area contributed by atoms with Gasteiger partial charge in [0.1, 0.15) is 5.75 Å². The Bertz CT molecular complexity index is 483. The van der Waals surface area contributed by atoms with E-state index in [1.165, 1.54) is 29.5 Å². The van der Waals surface area contributed by atoms with Crippen LogP contribution in [0, 0.1) is 12.8 Å². The van der Waals surface area contributed by atoms with Crippen LogP contribution in [0.15, 0.2) is 12.1 Å². The van der Waals surface area contributed by atoms with E-state index in [-0.39, 0.29) is 11.5 Å². The van der Waals surface area contributed by atoms with Gasteiger partial charge in [-0.15, -0.1) is 0 Å². The van der Waals surface area contributed by atoms with Gasteiger partial charge in [0, 0.05) is 6.04 Å². The van der Waals surface area contributed by atoms with Crippen LogP contribution in [0.25, 0.3) is 0 Å². The van der Waals surface area contributed by atoms with Crippen LogP contribution in [0.3, 0.4) is 0 Å². The van der Waals surface area contributed by atoms with Crippen LogP contribution in [0.2, 0.25) is 0 Å². The fraction of sp³-hybridized carbons (Fsp3) is 0.684. The quantitative estimate of drug-likeness (QED) is 0.844. The summed E-state index contributed by atoms with van der Waals surface area (Å²) in [5, 5.41) is 0. The van der Waals surface area contributed by atoms with Crippen molar-refractivity contribution in [3.05, 3.63) is 28.8 Å². The fourth-order valence-electron chi connectivity index (χ4n) is 2.57. The van der Waals surface area contributed by atoms with E-state index in [1.807, 2.05) is 0 Å². The molecule has 1 fully saturated rings. The second-order valence-corrected chi connectivity index (χ2v) is 7.65. The average Bonchev–Trinajstić information content (AvgIpc) is 3.21. The van der Waals surface area contributed by atoms with Gasteiger partial charge in [0.25, 0.3) is 0 Å². The third-order valence-corrected chi connectivity index (χ3v) is 4.42. The molecule has 1 aliphatic carbocycles. The lowest BCUT2D eigenvalue weighted by Crippen LogP contribution is -2.22. The highest BCUT2D eigenvalue weighted by molar-refractivity contribution is 5.46. The summed E-state index contributed by atoms with van der Waals surface area (Å²) in [5.41, 5.74) is 10.2. The van der Waals surface area contributed by atoms with Crippen LogP contribution in [-0.4, -0.2) is 12.6 Å². The predicted octanol–water partition coefficient (Wildman–Crippen LogP) is 4.36. The zero-order chi connectivity index (χ0) is 15.6. The molecule has 1 aliphatic rings. The van der Waals surface area contributed by atoms with Crippen molar-refractivity contribution >= 4 is 0 Å². The van der Waals surface area contributed by atoms with Crippen LogP contribution < -0.4 is 10.5 Å². The standard InChI is InChI=1S/C19H31NO/c1-6-16(20)10-15-11-18(21-12-14-7-8-14)17(9-13(15)2)19(3,4)5/h9,11,14,16H,6-8,10,12,20H2,1-5H3. The van der Waals surface area contributed by atoms with Crippen LogP contribution in [-0.2, 0) is 11.8 Å². The van der Waals surface area contributed by atoms with Crippen LogP contribution in [0.1, 0.15) is 63.6 Å². The number of ether oxygens (including phenoxy) is 1. The van der Waals surface area contributed by atoms with Crippen LogP contribution in [0.5, 0.6) is 5.75 Å². The van der Waals surface area contributed by atoms with E-state index in [4.69, 9.17) is 10.5 Å². The molecule has 0 aliphatic heterocycles. The molecule has 2 heteroatoms. The van der Waals surface area contributed by atoms with Crippen molar-refractivity contribution in [2.45, 2.75) is 71.8 Å². The van der Waals surface area contributed by atoms with Crippen LogP contribution in [0.4, 0.5) is 0 Å². The maximum atomic E-state index is 6.16. The summed E-state index contributed by atoms with van der Waals surface area (Å²) in [5.74, 6) is 1.85. The van der Waals surface area contributed by atoms with Crippen molar-refractivity contribution in [2.75, 3.05) is 6.61 Å². The third-order valence-electron chi connectivity index (χ3n) is 4.42. The second kappa shape index (κ2) is 6.39. The largest absolute Gasteiger partial charge is 0.493 e. The van der Waals surface area contributed by atoms with E-state index in [0.717, 1.165) is 31.1 Å². The molecule has 2 rings (SSSR count). The Hall–Kier alpha value is -1.02. The molecule has 0 saturated heterocycles. The highest BCUT2D eigenvalue weighted by Crippen LogP contribution is 2.36. The molecule has 1 atom stereocenters. The first-order chi connectivity index (χ1) is 9.81. The van der Waals surface area contributed by atoms with E-state index in [0.29, 0.717) is 0 Å². The maximum absolute atomic E-state index is 6.16. The fourth-order valence-corrected chi connectivity index (χ4v) is 2.57. The van der Waals surface area contributed by atoms with E-state index in [9.17, 15) is 0 Å². The van der Waals surface area contributed by atoms with Gasteiger partial charge in [-0.1, -0.05) is 33.8 Å². The molecule has 0 aromatic heterocycles. The summed E-state index contributed by atoms with van der Waals surface area (Å²) in [6.45, 7) is 12.0. The maximum Gasteiger partial charge on any atom is 0.123 e. The monoisotopic (exact) mass is 289 g/mol. The van der Waals surface area contributed by atoms with Gasteiger partial charge in [-0.25, -0.2) is 0 Å². The number of nitrogens with two attached hydrogens (primary N) is 1. The second-order valence-electron chi connectivity index (χ2n) is 7.65. The zero-order valence-electron chi connectivity index (χ0n) is 14.3. The van der Waals surface area contributed by atoms with Gasteiger partial charge in [0.15, 0.2) is 0 Å². The summed E-state index contributed by atoms with van der Waals surface area (Å²) in [4.78, 5) is 0. The molecule has 0 radical (unpaired) electrons. The summed E-state index contributed by atoms with van der Waals surface area (Å²) >= 11 is 0. The normalized spacial score (nSPS) is 16.9. The summed E-state index contributed by atoms with van der Waals surface area (Å²) < 4.78 is 6.16. The number of aryl methyl sites for hydroxylation is 1. The average molecular weight is 289 g/mol. The smallest absolute Gasteiger partial charge is 0.123 e. The first-order valence-electron chi connectivity index (χ1n) is 8.33. The lowest BCUT2D eigenvalue weighted by molar-refractivity contribution is 0.291. The predicted molar refractivity (Wildman–Crippen MR) is 90.1 cm³/mol. The Labute approximate surface area is 130 Å². The molecule has 0 spiro atoms. The van der Waals surface area contributed by atoms with Gasteiger partial charge < -0.3 is 10.5 Å². The van der Waals surface area contributed by atoms with Gasteiger partial charge in [-0.3, -0.25) is 0 Å². The SMILES string of the molecule is CCC(N)Cc1cc(OCC2CC2)c(C(C)(C)C)cc1C. The first kappa shape index (κ1) is 16.4. The molecule has 1 aromatic carbocycles. The molecule has 0 heterocycles. The minimum absolute atomic E-state index is 0.106. The molecule has 118 valence electrons. The molecule has 1 aromatic rings. The number of rotatable bonds is 6. The Morgan fingerprint density at radius 3 is 2.48 bits per heavy atom. The minimum atomic E-state index is 0.106. The van der Waals surface area contributed by atoms with Crippen molar-refractivity contribution in [1.82, 2.24) is 0 Å². The zero-order valence-corrected chi connectivity index (χ0v) is 14.3. The molecule has 2 nitrogen and oxygen atoms in total. The highest BCUT2D eigenvalue weighted by atomic mass is 16.5. The Morgan fingerprint density at radius 2 is 1.95 bits per heavy atom. The van der Waals surface area contributed by atoms with E-state index in [2.05, 4.69) is 46.8 Å². The Morgan fingerprint density at radius 1 is 1.29 bits per heavy atom. The van der Waals surface area contributed by atoms with Gasteiger partial charge >= 0.3 is 0 Å². The Balaban J connectivity index is 2.28. The summed E-state index contributed by atoms with van der Waals surface area (Å²) in [7, 11) is 0. The minimum Gasteiger partial charge on any atom is -0.493 e. The van der Waals surface area contributed by atoms with Gasteiger partial charge in [-0.05, 0) is 66.7 Å². The number of hydrogen-bond acceptors (Lipinski definition) is 2.